The summed E-state index contributed by atoms with van der Waals surface area (Å²) in [4.78, 5) is 0. The molecule has 1 saturated carbocycles. The fourth-order valence-corrected chi connectivity index (χ4v) is 2.02. The van der Waals surface area contributed by atoms with Crippen molar-refractivity contribution in [2.75, 3.05) is 19.0 Å². The van der Waals surface area contributed by atoms with Crippen LogP contribution in [0.25, 0.3) is 0 Å². The van der Waals surface area contributed by atoms with Gasteiger partial charge >= 0.3 is 0 Å². The molecule has 0 aliphatic heterocycles. The van der Waals surface area contributed by atoms with Crippen LogP contribution in [0.15, 0.2) is 24.3 Å². The van der Waals surface area contributed by atoms with Gasteiger partial charge in [0.2, 0.25) is 0 Å². The Morgan fingerprint density at radius 1 is 1.50 bits per heavy atom. The van der Waals surface area contributed by atoms with Gasteiger partial charge in [-0.2, -0.15) is 0 Å². The van der Waals surface area contributed by atoms with Crippen LogP contribution in [0.4, 0.5) is 5.69 Å². The molecule has 0 saturated heterocycles. The minimum Gasteiger partial charge on any atom is -0.497 e. The Morgan fingerprint density at radius 3 is 2.81 bits per heavy atom. The van der Waals surface area contributed by atoms with Crippen LogP contribution in [-0.2, 0) is 0 Å². The Morgan fingerprint density at radius 2 is 2.25 bits per heavy atom. The SMILES string of the molecule is COc1cccc(NC(C)(CO)C2CC2)c1. The molecule has 88 valence electrons. The van der Waals surface area contributed by atoms with Crippen molar-refractivity contribution in [2.24, 2.45) is 5.92 Å². The second-order valence-electron chi connectivity index (χ2n) is 4.71. The van der Waals surface area contributed by atoms with Crippen LogP contribution >= 0.6 is 0 Å². The van der Waals surface area contributed by atoms with Crippen LogP contribution in [0.5, 0.6) is 5.75 Å². The van der Waals surface area contributed by atoms with E-state index in [0.29, 0.717) is 5.92 Å². The molecule has 1 fully saturated rings. The largest absolute Gasteiger partial charge is 0.497 e. The maximum atomic E-state index is 9.49. The van der Waals surface area contributed by atoms with Crippen molar-refractivity contribution < 1.29 is 9.84 Å². The molecule has 1 aliphatic carbocycles. The highest BCUT2D eigenvalue weighted by Crippen LogP contribution is 2.41. The predicted molar refractivity (Wildman–Crippen MR) is 64.8 cm³/mol. The molecule has 2 rings (SSSR count). The van der Waals surface area contributed by atoms with Crippen LogP contribution in [0.1, 0.15) is 19.8 Å². The average Bonchev–Trinajstić information content (AvgIpc) is 3.13. The molecule has 0 spiro atoms. The third kappa shape index (κ3) is 2.30. The van der Waals surface area contributed by atoms with E-state index in [9.17, 15) is 5.11 Å². The first-order chi connectivity index (χ1) is 7.68. The standard InChI is InChI=1S/C13H19NO2/c1-13(9-15,10-6-7-10)14-11-4-3-5-12(8-11)16-2/h3-5,8,10,14-15H,6-7,9H2,1-2H3. The molecule has 3 heteroatoms. The molecule has 3 nitrogen and oxygen atoms in total. The van der Waals surface area contributed by atoms with Gasteiger partial charge < -0.3 is 15.2 Å². The van der Waals surface area contributed by atoms with Gasteiger partial charge in [0, 0.05) is 11.8 Å². The number of methoxy groups -OCH3 is 1. The number of anilines is 1. The molecule has 1 aliphatic rings. The van der Waals surface area contributed by atoms with Gasteiger partial charge in [-0.1, -0.05) is 6.07 Å². The molecule has 16 heavy (non-hydrogen) atoms. The van der Waals surface area contributed by atoms with E-state index in [1.165, 1.54) is 12.8 Å². The quantitative estimate of drug-likeness (QED) is 0.801. The number of nitrogens with one attached hydrogen (secondary N) is 1. The van der Waals surface area contributed by atoms with Gasteiger partial charge in [-0.25, -0.2) is 0 Å². The third-order valence-electron chi connectivity index (χ3n) is 3.31. The number of aliphatic hydroxyl groups excluding tert-OH is 1. The van der Waals surface area contributed by atoms with Gasteiger partial charge in [-0.15, -0.1) is 0 Å². The highest BCUT2D eigenvalue weighted by Gasteiger charge is 2.41. The van der Waals surface area contributed by atoms with Crippen molar-refractivity contribution in [1.29, 1.82) is 0 Å². The minimum absolute atomic E-state index is 0.162. The molecular formula is C13H19NO2. The van der Waals surface area contributed by atoms with E-state index in [4.69, 9.17) is 4.74 Å². The Hall–Kier alpha value is -1.22. The van der Waals surface area contributed by atoms with E-state index < -0.39 is 0 Å². The highest BCUT2D eigenvalue weighted by atomic mass is 16.5. The first-order valence-electron chi connectivity index (χ1n) is 5.71. The van der Waals surface area contributed by atoms with Crippen molar-refractivity contribution in [3.63, 3.8) is 0 Å². The molecule has 0 radical (unpaired) electrons. The third-order valence-corrected chi connectivity index (χ3v) is 3.31. The summed E-state index contributed by atoms with van der Waals surface area (Å²) in [6.45, 7) is 2.24. The lowest BCUT2D eigenvalue weighted by Crippen LogP contribution is -2.41. The molecule has 1 aromatic rings. The van der Waals surface area contributed by atoms with Crippen molar-refractivity contribution >= 4 is 5.69 Å². The molecule has 1 aromatic carbocycles. The van der Waals surface area contributed by atoms with Crippen molar-refractivity contribution in [2.45, 2.75) is 25.3 Å². The summed E-state index contributed by atoms with van der Waals surface area (Å²) >= 11 is 0. The van der Waals surface area contributed by atoms with E-state index in [2.05, 4.69) is 12.2 Å². The maximum Gasteiger partial charge on any atom is 0.120 e. The van der Waals surface area contributed by atoms with Crippen LogP contribution in [0, 0.1) is 5.92 Å². The van der Waals surface area contributed by atoms with Gasteiger partial charge in [-0.3, -0.25) is 0 Å². The summed E-state index contributed by atoms with van der Waals surface area (Å²) in [6, 6.07) is 7.82. The summed E-state index contributed by atoms with van der Waals surface area (Å²) in [7, 11) is 1.66. The monoisotopic (exact) mass is 221 g/mol. The van der Waals surface area contributed by atoms with Crippen LogP contribution in [0.2, 0.25) is 0 Å². The number of rotatable bonds is 5. The summed E-state index contributed by atoms with van der Waals surface area (Å²) in [5.74, 6) is 1.42. The first-order valence-corrected chi connectivity index (χ1v) is 5.71. The first kappa shape index (κ1) is 11.3. The summed E-state index contributed by atoms with van der Waals surface area (Å²) < 4.78 is 5.18. The van der Waals surface area contributed by atoms with Gasteiger partial charge in [0.25, 0.3) is 0 Å². The Labute approximate surface area is 96.4 Å². The molecule has 1 atom stereocenters. The lowest BCUT2D eigenvalue weighted by atomic mass is 9.96. The number of ether oxygens (including phenoxy) is 1. The van der Waals surface area contributed by atoms with E-state index in [0.717, 1.165) is 11.4 Å². The lowest BCUT2D eigenvalue weighted by Gasteiger charge is -2.30. The molecule has 2 N–H and O–H groups in total. The molecule has 0 aromatic heterocycles. The number of benzene rings is 1. The minimum atomic E-state index is -0.202. The molecule has 0 bridgehead atoms. The van der Waals surface area contributed by atoms with Gasteiger partial charge in [0.05, 0.1) is 19.3 Å². The summed E-state index contributed by atoms with van der Waals surface area (Å²) in [5, 5.41) is 12.9. The van der Waals surface area contributed by atoms with Crippen molar-refractivity contribution in [3.05, 3.63) is 24.3 Å². The average molecular weight is 221 g/mol. The van der Waals surface area contributed by atoms with Crippen LogP contribution < -0.4 is 10.1 Å². The topological polar surface area (TPSA) is 41.5 Å². The van der Waals surface area contributed by atoms with E-state index in [1.807, 2.05) is 24.3 Å². The second-order valence-corrected chi connectivity index (χ2v) is 4.71. The van der Waals surface area contributed by atoms with E-state index in [1.54, 1.807) is 7.11 Å². The fourth-order valence-electron chi connectivity index (χ4n) is 2.02. The summed E-state index contributed by atoms with van der Waals surface area (Å²) in [5.41, 5.74) is 0.801. The van der Waals surface area contributed by atoms with Gasteiger partial charge in [-0.05, 0) is 37.8 Å². The zero-order valence-electron chi connectivity index (χ0n) is 9.86. The maximum absolute atomic E-state index is 9.49. The predicted octanol–water partition coefficient (Wildman–Crippen LogP) is 2.27. The molecule has 0 heterocycles. The van der Waals surface area contributed by atoms with E-state index >= 15 is 0 Å². The normalized spacial score (nSPS) is 18.9. The Kier molecular flexibility index (Phi) is 3.06. The zero-order valence-corrected chi connectivity index (χ0v) is 9.86. The Balaban J connectivity index is 2.12. The lowest BCUT2D eigenvalue weighted by molar-refractivity contribution is 0.206. The van der Waals surface area contributed by atoms with Gasteiger partial charge in [0.1, 0.15) is 5.75 Å². The Bertz CT molecular complexity index is 363. The smallest absolute Gasteiger partial charge is 0.120 e. The number of aliphatic hydroxyl groups is 1. The molecular weight excluding hydrogens is 202 g/mol. The fraction of sp³-hybridized carbons (Fsp3) is 0.538. The highest BCUT2D eigenvalue weighted by molar-refractivity contribution is 5.50. The van der Waals surface area contributed by atoms with Crippen LogP contribution in [0.3, 0.4) is 0 Å². The van der Waals surface area contributed by atoms with Gasteiger partial charge in [0.15, 0.2) is 0 Å². The van der Waals surface area contributed by atoms with Crippen LogP contribution in [-0.4, -0.2) is 24.4 Å². The molecule has 1 unspecified atom stereocenters. The number of hydrogen-bond donors (Lipinski definition) is 2. The second kappa shape index (κ2) is 4.34. The van der Waals surface area contributed by atoms with E-state index in [-0.39, 0.29) is 12.1 Å². The zero-order chi connectivity index (χ0) is 11.6. The molecule has 0 amide bonds. The van der Waals surface area contributed by atoms with Crippen molar-refractivity contribution in [1.82, 2.24) is 0 Å². The van der Waals surface area contributed by atoms with Crippen molar-refractivity contribution in [3.8, 4) is 5.75 Å². The summed E-state index contributed by atoms with van der Waals surface area (Å²) in [6.07, 6.45) is 2.40. The number of hydrogen-bond acceptors (Lipinski definition) is 3.